The van der Waals surface area contributed by atoms with Gasteiger partial charge in [-0.2, -0.15) is 0 Å². The molecule has 0 atom stereocenters. The van der Waals surface area contributed by atoms with Gasteiger partial charge in [0.2, 0.25) is 0 Å². The fraction of sp³-hybridized carbons (Fsp3) is 0.111. The molecule has 0 bridgehead atoms. The van der Waals surface area contributed by atoms with Crippen molar-refractivity contribution < 1.29 is 0 Å². The summed E-state index contributed by atoms with van der Waals surface area (Å²) >= 11 is 0. The maximum Gasteiger partial charge on any atom is 0.0799 e. The highest BCUT2D eigenvalue weighted by molar-refractivity contribution is 6.71. The van der Waals surface area contributed by atoms with Gasteiger partial charge in [0.25, 0.3) is 0 Å². The molecule has 0 N–H and O–H groups in total. The molecule has 0 aliphatic rings. The summed E-state index contributed by atoms with van der Waals surface area (Å²) in [6.45, 7) is 12.0. The van der Waals surface area contributed by atoms with Gasteiger partial charge in [0.15, 0.2) is 0 Å². The smallest absolute Gasteiger partial charge is 0.0799 e. The van der Waals surface area contributed by atoms with Gasteiger partial charge in [0.05, 0.1) is 8.80 Å². The maximum atomic E-state index is 3.79. The van der Waals surface area contributed by atoms with Crippen LogP contribution in [0.1, 0.15) is 11.1 Å². The minimum Gasteiger partial charge on any atom is -0.0985 e. The molecule has 0 aliphatic carbocycles. The molecule has 0 saturated carbocycles. The second kappa shape index (κ2) is 8.28. The van der Waals surface area contributed by atoms with E-state index in [4.69, 9.17) is 0 Å². The molecule has 0 fully saturated rings. The van der Waals surface area contributed by atoms with Crippen molar-refractivity contribution in [3.05, 3.63) is 78.9 Å². The van der Waals surface area contributed by atoms with E-state index in [0.717, 1.165) is 0 Å². The lowest BCUT2D eigenvalue weighted by Crippen LogP contribution is -2.24. The van der Waals surface area contributed by atoms with Gasteiger partial charge >= 0.3 is 0 Å². The first-order valence-corrected chi connectivity index (χ1v) is 8.88. The van der Waals surface area contributed by atoms with Crippen molar-refractivity contribution in [1.29, 1.82) is 0 Å². The molecule has 0 unspecified atom stereocenters. The molecule has 0 nitrogen and oxygen atoms in total. The average molecular weight is 265 g/mol. The second-order valence-corrected chi connectivity index (χ2v) is 6.94. The van der Waals surface area contributed by atoms with E-state index in [9.17, 15) is 0 Å². The summed E-state index contributed by atoms with van der Waals surface area (Å²) in [5.74, 6) is 0. The highest BCUT2D eigenvalue weighted by atomic mass is 28.3. The zero-order chi connectivity index (χ0) is 14.1. The fourth-order valence-corrected chi connectivity index (χ4v) is 2.91. The first-order valence-electron chi connectivity index (χ1n) is 6.38. The van der Waals surface area contributed by atoms with Crippen LogP contribution in [0, 0.1) is 0 Å². The Hall–Kier alpha value is -1.86. The maximum absolute atomic E-state index is 3.79. The second-order valence-electron chi connectivity index (χ2n) is 4.41. The monoisotopic (exact) mass is 265 g/mol. The molecule has 0 spiro atoms. The first-order chi connectivity index (χ1) is 9.19. The van der Waals surface area contributed by atoms with Crippen LogP contribution in [0.3, 0.4) is 0 Å². The van der Waals surface area contributed by atoms with Crippen LogP contribution in [0.5, 0.6) is 0 Å². The lowest BCUT2D eigenvalue weighted by atomic mass is 10.2. The molecule has 2 aromatic carbocycles. The van der Waals surface area contributed by atoms with Gasteiger partial charge < -0.3 is 0 Å². The Kier molecular flexibility index (Phi) is 6.62. The van der Waals surface area contributed by atoms with E-state index >= 15 is 0 Å². The Balaban J connectivity index is 0.000000200. The Morgan fingerprint density at radius 2 is 1.37 bits per heavy atom. The Morgan fingerprint density at radius 1 is 0.789 bits per heavy atom. The number of hydrogen-bond donors (Lipinski definition) is 0. The predicted octanol–water partition coefficient (Wildman–Crippen LogP) is 4.62. The van der Waals surface area contributed by atoms with Crippen LogP contribution in [0.4, 0.5) is 0 Å². The Morgan fingerprint density at radius 3 is 1.79 bits per heavy atom. The zero-order valence-corrected chi connectivity index (χ0v) is 12.8. The molecule has 0 amide bonds. The van der Waals surface area contributed by atoms with Gasteiger partial charge in [-0.15, -0.1) is 0 Å². The Bertz CT molecular complexity index is 512. The van der Waals surface area contributed by atoms with Crippen LogP contribution in [-0.4, -0.2) is 8.80 Å². The van der Waals surface area contributed by atoms with Gasteiger partial charge in [0.1, 0.15) is 0 Å². The molecule has 0 saturated heterocycles. The standard InChI is InChI=1S/C10H13Si.C8H8/c1-4-9-7-5-6-8-10(9)11(2)3;1-2-8-6-4-3-5-7-8/h4-8H,1H2,2-3H3;2-7H,1H2. The van der Waals surface area contributed by atoms with Crippen molar-refractivity contribution in [3.63, 3.8) is 0 Å². The van der Waals surface area contributed by atoms with Crippen molar-refractivity contribution >= 4 is 26.1 Å². The van der Waals surface area contributed by atoms with E-state index in [0.29, 0.717) is 0 Å². The minimum atomic E-state index is -0.325. The van der Waals surface area contributed by atoms with Crippen LogP contribution in [-0.2, 0) is 0 Å². The van der Waals surface area contributed by atoms with Gasteiger partial charge in [-0.1, -0.05) is 98.2 Å². The summed E-state index contributed by atoms with van der Waals surface area (Å²) < 4.78 is 0. The summed E-state index contributed by atoms with van der Waals surface area (Å²) in [5, 5.41) is 1.48. The summed E-state index contributed by atoms with van der Waals surface area (Å²) in [6.07, 6.45) is 3.77. The first kappa shape index (κ1) is 15.2. The predicted molar refractivity (Wildman–Crippen MR) is 90.2 cm³/mol. The molecule has 97 valence electrons. The number of hydrogen-bond acceptors (Lipinski definition) is 0. The van der Waals surface area contributed by atoms with E-state index in [1.54, 1.807) is 0 Å². The zero-order valence-electron chi connectivity index (χ0n) is 11.8. The van der Waals surface area contributed by atoms with E-state index < -0.39 is 0 Å². The van der Waals surface area contributed by atoms with Crippen LogP contribution in [0.25, 0.3) is 12.2 Å². The lowest BCUT2D eigenvalue weighted by Gasteiger charge is -2.06. The van der Waals surface area contributed by atoms with Gasteiger partial charge in [0, 0.05) is 0 Å². The van der Waals surface area contributed by atoms with E-state index in [1.807, 2.05) is 42.5 Å². The fourth-order valence-electron chi connectivity index (χ4n) is 1.72. The average Bonchev–Trinajstić information content (AvgIpc) is 2.48. The van der Waals surface area contributed by atoms with E-state index in [1.165, 1.54) is 16.3 Å². The molecule has 2 aromatic rings. The summed E-state index contributed by atoms with van der Waals surface area (Å²) in [4.78, 5) is 0. The molecule has 2 rings (SSSR count). The van der Waals surface area contributed by atoms with E-state index in [-0.39, 0.29) is 8.80 Å². The summed E-state index contributed by atoms with van der Waals surface area (Å²) in [6, 6.07) is 18.5. The van der Waals surface area contributed by atoms with Crippen molar-refractivity contribution in [2.24, 2.45) is 0 Å². The molecule has 19 heavy (non-hydrogen) atoms. The van der Waals surface area contributed by atoms with Crippen molar-refractivity contribution in [2.45, 2.75) is 13.1 Å². The normalized spacial score (nSPS) is 9.42. The molecular formula is C18H21Si. The van der Waals surface area contributed by atoms with Crippen molar-refractivity contribution in [3.8, 4) is 0 Å². The van der Waals surface area contributed by atoms with Gasteiger partial charge in [-0.3, -0.25) is 0 Å². The van der Waals surface area contributed by atoms with Crippen LogP contribution >= 0.6 is 0 Å². The third kappa shape index (κ3) is 5.10. The third-order valence-electron chi connectivity index (χ3n) is 2.75. The molecule has 0 aliphatic heterocycles. The molecule has 0 heterocycles. The lowest BCUT2D eigenvalue weighted by molar-refractivity contribution is 1.67. The van der Waals surface area contributed by atoms with Gasteiger partial charge in [-0.25, -0.2) is 0 Å². The quantitative estimate of drug-likeness (QED) is 0.710. The number of rotatable bonds is 3. The minimum absolute atomic E-state index is 0.325. The van der Waals surface area contributed by atoms with Crippen LogP contribution < -0.4 is 5.19 Å². The Labute approximate surface area is 118 Å². The van der Waals surface area contributed by atoms with Gasteiger partial charge in [-0.05, 0) is 11.1 Å². The third-order valence-corrected chi connectivity index (χ3v) is 4.29. The molecule has 1 radical (unpaired) electrons. The van der Waals surface area contributed by atoms with Crippen molar-refractivity contribution in [2.75, 3.05) is 0 Å². The molecule has 0 aromatic heterocycles. The largest absolute Gasteiger partial charge is 0.0985 e. The topological polar surface area (TPSA) is 0 Å². The van der Waals surface area contributed by atoms with Crippen LogP contribution in [0.15, 0.2) is 67.8 Å². The SMILES string of the molecule is C=Cc1ccccc1.C=Cc1ccccc1[Si](C)C. The number of benzene rings is 2. The highest BCUT2D eigenvalue weighted by Crippen LogP contribution is 1.99. The van der Waals surface area contributed by atoms with Crippen LogP contribution in [0.2, 0.25) is 13.1 Å². The molecular weight excluding hydrogens is 244 g/mol. The van der Waals surface area contributed by atoms with E-state index in [2.05, 4.69) is 50.5 Å². The summed E-state index contributed by atoms with van der Waals surface area (Å²) in [5.41, 5.74) is 2.47. The van der Waals surface area contributed by atoms with Crippen molar-refractivity contribution in [1.82, 2.24) is 0 Å². The molecule has 1 heteroatoms. The highest BCUT2D eigenvalue weighted by Gasteiger charge is 2.02. The summed E-state index contributed by atoms with van der Waals surface area (Å²) in [7, 11) is -0.325.